The summed E-state index contributed by atoms with van der Waals surface area (Å²) in [6.45, 7) is 7.58. The van der Waals surface area contributed by atoms with Crippen LogP contribution >= 0.6 is 0 Å². The first-order valence-electron chi connectivity index (χ1n) is 12.4. The van der Waals surface area contributed by atoms with Crippen molar-refractivity contribution < 1.29 is 19.1 Å². The maximum absolute atomic E-state index is 13.0. The minimum absolute atomic E-state index is 0.0188. The molecule has 5 rings (SSSR count). The molecule has 6 nitrogen and oxygen atoms in total. The number of rotatable bonds is 4. The number of ether oxygens (including phenoxy) is 2. The molecule has 2 aromatic carbocycles. The number of piperidine rings is 1. The van der Waals surface area contributed by atoms with E-state index >= 15 is 0 Å². The Kier molecular flexibility index (Phi) is 6.07. The Morgan fingerprint density at radius 3 is 2.32 bits per heavy atom. The largest absolute Gasteiger partial charge is 0.456 e. The van der Waals surface area contributed by atoms with Crippen LogP contribution in [0.15, 0.2) is 48.0 Å². The average molecular weight is 461 g/mol. The summed E-state index contributed by atoms with van der Waals surface area (Å²) in [6.07, 6.45) is 3.48. The molecule has 2 atom stereocenters. The van der Waals surface area contributed by atoms with E-state index in [2.05, 4.69) is 6.07 Å². The topological polar surface area (TPSA) is 59.1 Å². The van der Waals surface area contributed by atoms with E-state index in [9.17, 15) is 9.59 Å². The zero-order valence-corrected chi connectivity index (χ0v) is 20.2. The van der Waals surface area contributed by atoms with Gasteiger partial charge in [0, 0.05) is 41.9 Å². The second-order valence-corrected chi connectivity index (χ2v) is 9.16. The number of hydrogen-bond donors (Lipinski definition) is 0. The van der Waals surface area contributed by atoms with Crippen molar-refractivity contribution in [2.45, 2.75) is 58.5 Å². The van der Waals surface area contributed by atoms with Crippen LogP contribution in [0.25, 0.3) is 5.57 Å². The summed E-state index contributed by atoms with van der Waals surface area (Å²) in [4.78, 5) is 29.3. The molecule has 3 aliphatic heterocycles. The molecule has 0 radical (unpaired) electrons. The molecule has 2 amide bonds. The molecular formula is C28H32N2O4. The predicted molar refractivity (Wildman–Crippen MR) is 131 cm³/mol. The standard InChI is InChI=1S/C28H32N2O4/c1-4-29(5-2)27(31)18-11-14-23-25(17-18)34-24-10-8-7-9-22(24)26(23)19-15-20-12-13-21(16-19)30(20)28(32)33-6-3/h7-11,14,17,20-21H,4-6,12-13,15-16H2,1-3H3. The van der Waals surface area contributed by atoms with E-state index < -0.39 is 0 Å². The lowest BCUT2D eigenvalue weighted by Gasteiger charge is -2.37. The predicted octanol–water partition coefficient (Wildman–Crippen LogP) is 5.86. The van der Waals surface area contributed by atoms with E-state index in [0.717, 1.165) is 48.3 Å². The van der Waals surface area contributed by atoms with Crippen molar-refractivity contribution in [3.05, 3.63) is 64.7 Å². The van der Waals surface area contributed by atoms with Gasteiger partial charge in [0.15, 0.2) is 0 Å². The number of fused-ring (bicyclic) bond motifs is 4. The maximum atomic E-state index is 13.0. The first kappa shape index (κ1) is 22.5. The van der Waals surface area contributed by atoms with E-state index in [1.165, 1.54) is 11.1 Å². The van der Waals surface area contributed by atoms with Crippen LogP contribution in [-0.2, 0) is 4.74 Å². The third-order valence-electron chi connectivity index (χ3n) is 7.34. The van der Waals surface area contributed by atoms with Gasteiger partial charge in [-0.25, -0.2) is 4.79 Å². The molecule has 0 spiro atoms. The number of nitrogens with zero attached hydrogens (tertiary/aromatic N) is 2. The number of carbonyl (C=O) groups excluding carboxylic acids is 2. The number of amides is 2. The van der Waals surface area contributed by atoms with Crippen LogP contribution < -0.4 is 4.74 Å². The lowest BCUT2D eigenvalue weighted by atomic mass is 9.83. The van der Waals surface area contributed by atoms with Gasteiger partial charge in [0.1, 0.15) is 11.5 Å². The Morgan fingerprint density at radius 1 is 0.971 bits per heavy atom. The summed E-state index contributed by atoms with van der Waals surface area (Å²) in [5.41, 5.74) is 5.29. The van der Waals surface area contributed by atoms with E-state index in [1.807, 2.05) is 67.0 Å². The summed E-state index contributed by atoms with van der Waals surface area (Å²) in [5, 5.41) is 0. The summed E-state index contributed by atoms with van der Waals surface area (Å²) in [6, 6.07) is 14.3. The first-order valence-corrected chi connectivity index (χ1v) is 12.4. The molecule has 2 bridgehead atoms. The van der Waals surface area contributed by atoms with Crippen molar-refractivity contribution in [1.29, 1.82) is 0 Å². The third-order valence-corrected chi connectivity index (χ3v) is 7.34. The molecule has 34 heavy (non-hydrogen) atoms. The fourth-order valence-corrected chi connectivity index (χ4v) is 5.76. The third kappa shape index (κ3) is 3.75. The number of benzene rings is 2. The first-order chi connectivity index (χ1) is 16.5. The van der Waals surface area contributed by atoms with Crippen LogP contribution in [0.4, 0.5) is 4.79 Å². The summed E-state index contributed by atoms with van der Waals surface area (Å²) >= 11 is 0. The van der Waals surface area contributed by atoms with Gasteiger partial charge >= 0.3 is 6.09 Å². The van der Waals surface area contributed by atoms with E-state index in [1.54, 1.807) is 0 Å². The molecule has 0 N–H and O–H groups in total. The Morgan fingerprint density at radius 2 is 1.65 bits per heavy atom. The van der Waals surface area contributed by atoms with Crippen molar-refractivity contribution >= 4 is 17.6 Å². The molecule has 3 heterocycles. The molecule has 2 unspecified atom stereocenters. The lowest BCUT2D eigenvalue weighted by Crippen LogP contribution is -2.45. The van der Waals surface area contributed by atoms with Gasteiger partial charge in [0.25, 0.3) is 5.91 Å². The van der Waals surface area contributed by atoms with Crippen LogP contribution in [0.2, 0.25) is 0 Å². The highest BCUT2D eigenvalue weighted by atomic mass is 16.6. The molecule has 0 aliphatic carbocycles. The van der Waals surface area contributed by atoms with E-state index in [4.69, 9.17) is 9.47 Å². The van der Waals surface area contributed by atoms with Crippen LogP contribution in [0, 0.1) is 0 Å². The van der Waals surface area contributed by atoms with Gasteiger partial charge < -0.3 is 19.3 Å². The van der Waals surface area contributed by atoms with Crippen LogP contribution in [0.5, 0.6) is 11.5 Å². The van der Waals surface area contributed by atoms with E-state index in [-0.39, 0.29) is 24.1 Å². The Labute approximate surface area is 201 Å². The molecule has 2 fully saturated rings. The smallest absolute Gasteiger partial charge is 0.410 e. The minimum Gasteiger partial charge on any atom is -0.456 e. The molecule has 178 valence electrons. The normalized spacial score (nSPS) is 20.4. The van der Waals surface area contributed by atoms with Crippen LogP contribution in [-0.4, -0.2) is 53.6 Å². The van der Waals surface area contributed by atoms with Crippen molar-refractivity contribution in [2.75, 3.05) is 19.7 Å². The monoisotopic (exact) mass is 460 g/mol. The number of carbonyl (C=O) groups is 2. The van der Waals surface area contributed by atoms with Gasteiger partial charge in [-0.1, -0.05) is 23.8 Å². The van der Waals surface area contributed by atoms with Gasteiger partial charge in [0.2, 0.25) is 0 Å². The lowest BCUT2D eigenvalue weighted by molar-refractivity contribution is 0.0771. The Bertz CT molecular complexity index is 1130. The highest BCUT2D eigenvalue weighted by Gasteiger charge is 2.43. The van der Waals surface area contributed by atoms with Gasteiger partial charge in [-0.05, 0) is 76.3 Å². The van der Waals surface area contributed by atoms with Crippen LogP contribution in [0.3, 0.4) is 0 Å². The molecule has 0 aromatic heterocycles. The van der Waals surface area contributed by atoms with Gasteiger partial charge in [-0.2, -0.15) is 0 Å². The number of hydrogen-bond acceptors (Lipinski definition) is 4. The minimum atomic E-state index is -0.189. The number of para-hydroxylation sites is 1. The Balaban J connectivity index is 1.56. The highest BCUT2D eigenvalue weighted by Crippen LogP contribution is 2.49. The second-order valence-electron chi connectivity index (χ2n) is 9.16. The van der Waals surface area contributed by atoms with Gasteiger partial charge in [-0.15, -0.1) is 0 Å². The van der Waals surface area contributed by atoms with Crippen molar-refractivity contribution in [1.82, 2.24) is 9.80 Å². The summed E-state index contributed by atoms with van der Waals surface area (Å²) < 4.78 is 11.7. The SMILES string of the molecule is CCOC(=O)N1C2CCC1CC(=C1c3ccccc3Oc3cc(C(=O)N(CC)CC)ccc31)C2. The maximum Gasteiger partial charge on any atom is 0.410 e. The molecule has 2 saturated heterocycles. The van der Waals surface area contributed by atoms with Crippen molar-refractivity contribution in [3.63, 3.8) is 0 Å². The summed E-state index contributed by atoms with van der Waals surface area (Å²) in [5.74, 6) is 1.55. The van der Waals surface area contributed by atoms with Crippen LogP contribution in [0.1, 0.15) is 67.9 Å². The molecular weight excluding hydrogens is 428 g/mol. The fourth-order valence-electron chi connectivity index (χ4n) is 5.76. The van der Waals surface area contributed by atoms with E-state index in [0.29, 0.717) is 25.3 Å². The zero-order valence-electron chi connectivity index (χ0n) is 20.2. The molecule has 0 saturated carbocycles. The average Bonchev–Trinajstić information content (AvgIpc) is 3.12. The van der Waals surface area contributed by atoms with Gasteiger partial charge in [0.05, 0.1) is 6.61 Å². The van der Waals surface area contributed by atoms with Crippen molar-refractivity contribution in [3.8, 4) is 11.5 Å². The molecule has 6 heteroatoms. The quantitative estimate of drug-likeness (QED) is 0.489. The fraction of sp³-hybridized carbons (Fsp3) is 0.429. The highest BCUT2D eigenvalue weighted by molar-refractivity contribution is 5.97. The molecule has 2 aromatic rings. The zero-order chi connectivity index (χ0) is 23.8. The van der Waals surface area contributed by atoms with Crippen molar-refractivity contribution in [2.24, 2.45) is 0 Å². The van der Waals surface area contributed by atoms with Gasteiger partial charge in [-0.3, -0.25) is 4.79 Å². The second kappa shape index (κ2) is 9.16. The molecule has 3 aliphatic rings. The summed E-state index contributed by atoms with van der Waals surface area (Å²) in [7, 11) is 0. The Hall–Kier alpha value is -3.28.